The van der Waals surface area contributed by atoms with Crippen LogP contribution in [0.25, 0.3) is 54.7 Å². The molecule has 0 spiro atoms. The van der Waals surface area contributed by atoms with Crippen molar-refractivity contribution in [3.05, 3.63) is 109 Å². The van der Waals surface area contributed by atoms with Crippen LogP contribution in [0.4, 0.5) is 0 Å². The standard InChI is InChI=1S/C28H19N/c1-3-11-22-19(7-1)9-5-13-24(22)21-15-16-28-26(17-21)27(18-29-28)25-14-6-10-20-8-2-4-12-23(20)25/h1-18,29H. The van der Waals surface area contributed by atoms with E-state index in [4.69, 9.17) is 0 Å². The highest BCUT2D eigenvalue weighted by Crippen LogP contribution is 2.37. The second kappa shape index (κ2) is 6.35. The summed E-state index contributed by atoms with van der Waals surface area (Å²) in [5.74, 6) is 0. The van der Waals surface area contributed by atoms with Crippen molar-refractivity contribution in [2.24, 2.45) is 0 Å². The van der Waals surface area contributed by atoms with E-state index in [-0.39, 0.29) is 0 Å². The van der Waals surface area contributed by atoms with Gasteiger partial charge >= 0.3 is 0 Å². The van der Waals surface area contributed by atoms with E-state index in [1.807, 2.05) is 0 Å². The number of hydrogen-bond donors (Lipinski definition) is 1. The number of rotatable bonds is 2. The predicted octanol–water partition coefficient (Wildman–Crippen LogP) is 7.81. The summed E-state index contributed by atoms with van der Waals surface area (Å²) in [5, 5.41) is 6.37. The van der Waals surface area contributed by atoms with E-state index >= 15 is 0 Å². The Labute approximate surface area is 169 Å². The van der Waals surface area contributed by atoms with Gasteiger partial charge in [-0.2, -0.15) is 0 Å². The number of aromatic amines is 1. The van der Waals surface area contributed by atoms with Crippen LogP contribution in [0, 0.1) is 0 Å². The molecular formula is C28H19N. The van der Waals surface area contributed by atoms with Gasteiger partial charge in [0.2, 0.25) is 0 Å². The first-order valence-corrected chi connectivity index (χ1v) is 9.96. The molecule has 0 atom stereocenters. The third kappa shape index (κ3) is 2.55. The van der Waals surface area contributed by atoms with Crippen molar-refractivity contribution in [2.45, 2.75) is 0 Å². The van der Waals surface area contributed by atoms with Gasteiger partial charge in [0.1, 0.15) is 0 Å². The minimum atomic E-state index is 1.16. The van der Waals surface area contributed by atoms with E-state index in [1.54, 1.807) is 0 Å². The Morgan fingerprint density at radius 3 is 1.83 bits per heavy atom. The van der Waals surface area contributed by atoms with E-state index in [0.29, 0.717) is 0 Å². The zero-order valence-corrected chi connectivity index (χ0v) is 15.9. The minimum absolute atomic E-state index is 1.16. The Morgan fingerprint density at radius 1 is 0.448 bits per heavy atom. The molecule has 1 N–H and O–H groups in total. The van der Waals surface area contributed by atoms with Gasteiger partial charge in [0, 0.05) is 22.7 Å². The van der Waals surface area contributed by atoms with E-state index in [2.05, 4.69) is 114 Å². The van der Waals surface area contributed by atoms with Crippen molar-refractivity contribution in [1.29, 1.82) is 0 Å². The Kier molecular flexibility index (Phi) is 3.54. The molecule has 0 unspecified atom stereocenters. The maximum Gasteiger partial charge on any atom is 0.0460 e. The molecule has 0 aliphatic carbocycles. The lowest BCUT2D eigenvalue weighted by Gasteiger charge is -2.09. The summed E-state index contributed by atoms with van der Waals surface area (Å²) in [6, 6.07) is 37.0. The van der Waals surface area contributed by atoms with Gasteiger partial charge in [-0.05, 0) is 50.4 Å². The van der Waals surface area contributed by atoms with Crippen molar-refractivity contribution < 1.29 is 0 Å². The normalized spacial score (nSPS) is 11.4. The van der Waals surface area contributed by atoms with Gasteiger partial charge in [-0.15, -0.1) is 0 Å². The topological polar surface area (TPSA) is 15.8 Å². The van der Waals surface area contributed by atoms with Gasteiger partial charge in [0.05, 0.1) is 0 Å². The van der Waals surface area contributed by atoms with Gasteiger partial charge in [-0.25, -0.2) is 0 Å². The van der Waals surface area contributed by atoms with Crippen LogP contribution in [0.1, 0.15) is 0 Å². The molecule has 0 radical (unpaired) electrons. The number of hydrogen-bond acceptors (Lipinski definition) is 0. The lowest BCUT2D eigenvalue weighted by molar-refractivity contribution is 1.48. The second-order valence-corrected chi connectivity index (χ2v) is 7.52. The summed E-state index contributed by atoms with van der Waals surface area (Å²) in [6.45, 7) is 0. The molecule has 0 saturated heterocycles. The predicted molar refractivity (Wildman–Crippen MR) is 124 cm³/mol. The molecule has 6 rings (SSSR count). The van der Waals surface area contributed by atoms with Gasteiger partial charge in [-0.1, -0.05) is 91.0 Å². The van der Waals surface area contributed by atoms with Gasteiger partial charge < -0.3 is 4.98 Å². The summed E-state index contributed by atoms with van der Waals surface area (Å²) in [6.07, 6.45) is 2.14. The van der Waals surface area contributed by atoms with Crippen molar-refractivity contribution in [3.63, 3.8) is 0 Å². The fraction of sp³-hybridized carbons (Fsp3) is 0. The van der Waals surface area contributed by atoms with Crippen LogP contribution >= 0.6 is 0 Å². The fourth-order valence-electron chi connectivity index (χ4n) is 4.45. The van der Waals surface area contributed by atoms with Crippen molar-refractivity contribution in [3.8, 4) is 22.3 Å². The summed E-state index contributed by atoms with van der Waals surface area (Å²) < 4.78 is 0. The molecule has 0 amide bonds. The first kappa shape index (κ1) is 16.1. The molecule has 5 aromatic carbocycles. The van der Waals surface area contributed by atoms with Crippen LogP contribution < -0.4 is 0 Å². The molecular weight excluding hydrogens is 350 g/mol. The van der Waals surface area contributed by atoms with Crippen molar-refractivity contribution in [2.75, 3.05) is 0 Å². The molecule has 0 aliphatic rings. The first-order chi connectivity index (χ1) is 14.4. The largest absolute Gasteiger partial charge is 0.361 e. The molecule has 0 bridgehead atoms. The lowest BCUT2D eigenvalue weighted by Crippen LogP contribution is -1.83. The second-order valence-electron chi connectivity index (χ2n) is 7.52. The highest BCUT2D eigenvalue weighted by molar-refractivity contribution is 6.07. The summed E-state index contributed by atoms with van der Waals surface area (Å²) >= 11 is 0. The number of nitrogens with one attached hydrogen (secondary N) is 1. The van der Waals surface area contributed by atoms with Crippen LogP contribution in [0.5, 0.6) is 0 Å². The van der Waals surface area contributed by atoms with Gasteiger partial charge in [0.25, 0.3) is 0 Å². The van der Waals surface area contributed by atoms with Crippen LogP contribution in [0.3, 0.4) is 0 Å². The molecule has 29 heavy (non-hydrogen) atoms. The first-order valence-electron chi connectivity index (χ1n) is 9.96. The molecule has 6 aromatic rings. The zero-order chi connectivity index (χ0) is 19.2. The molecule has 1 heterocycles. The SMILES string of the molecule is c1ccc2c(-c3ccc4[nH]cc(-c5cccc6ccccc56)c4c3)cccc2c1. The molecule has 0 saturated carbocycles. The lowest BCUT2D eigenvalue weighted by atomic mass is 9.94. The van der Waals surface area contributed by atoms with Crippen molar-refractivity contribution in [1.82, 2.24) is 4.98 Å². The van der Waals surface area contributed by atoms with Crippen LogP contribution in [0.2, 0.25) is 0 Å². The monoisotopic (exact) mass is 369 g/mol. The Morgan fingerprint density at radius 2 is 1.07 bits per heavy atom. The molecule has 1 nitrogen and oxygen atoms in total. The number of benzene rings is 5. The summed E-state index contributed by atoms with van der Waals surface area (Å²) in [4.78, 5) is 3.47. The average molecular weight is 369 g/mol. The zero-order valence-electron chi connectivity index (χ0n) is 15.9. The third-order valence-electron chi connectivity index (χ3n) is 5.86. The minimum Gasteiger partial charge on any atom is -0.361 e. The van der Waals surface area contributed by atoms with E-state index in [9.17, 15) is 0 Å². The van der Waals surface area contributed by atoms with Gasteiger partial charge in [-0.3, -0.25) is 0 Å². The van der Waals surface area contributed by atoms with E-state index in [0.717, 1.165) is 5.52 Å². The summed E-state index contributed by atoms with van der Waals surface area (Å²) in [5.41, 5.74) is 6.20. The van der Waals surface area contributed by atoms with Crippen LogP contribution in [-0.4, -0.2) is 4.98 Å². The van der Waals surface area contributed by atoms with E-state index < -0.39 is 0 Å². The van der Waals surface area contributed by atoms with Crippen LogP contribution in [-0.2, 0) is 0 Å². The maximum absolute atomic E-state index is 3.47. The highest BCUT2D eigenvalue weighted by Gasteiger charge is 2.11. The third-order valence-corrected chi connectivity index (χ3v) is 5.86. The molecule has 136 valence electrons. The number of fused-ring (bicyclic) bond motifs is 3. The fourth-order valence-corrected chi connectivity index (χ4v) is 4.45. The smallest absolute Gasteiger partial charge is 0.0460 e. The molecule has 0 fully saturated rings. The Balaban J connectivity index is 1.61. The highest BCUT2D eigenvalue weighted by atomic mass is 14.7. The molecule has 1 heteroatoms. The Bertz CT molecular complexity index is 1490. The number of H-pyrrole nitrogens is 1. The molecule has 1 aromatic heterocycles. The van der Waals surface area contributed by atoms with Crippen LogP contribution in [0.15, 0.2) is 109 Å². The van der Waals surface area contributed by atoms with E-state index in [1.165, 1.54) is 49.2 Å². The summed E-state index contributed by atoms with van der Waals surface area (Å²) in [7, 11) is 0. The molecule has 0 aliphatic heterocycles. The quantitative estimate of drug-likeness (QED) is 0.320. The maximum atomic E-state index is 3.47. The van der Waals surface area contributed by atoms with Crippen molar-refractivity contribution >= 4 is 32.4 Å². The Hall–Kier alpha value is -3.84. The average Bonchev–Trinajstić information content (AvgIpc) is 3.21. The van der Waals surface area contributed by atoms with Gasteiger partial charge in [0.15, 0.2) is 0 Å². The number of aromatic nitrogens is 1.